The minimum absolute atomic E-state index is 0.132. The van der Waals surface area contributed by atoms with E-state index in [1.165, 1.54) is 17.0 Å². The van der Waals surface area contributed by atoms with Crippen LogP contribution >= 0.6 is 11.6 Å². The number of nitro benzene ring substituents is 1. The molecule has 24 heavy (non-hydrogen) atoms. The first kappa shape index (κ1) is 17.7. The standard InChI is InChI=1S/C17H18ClN3O3/c1-11(12-5-4-6-14(18)9-12)20(3)17(22)13-7-8-15(19-2)16(10-13)21(23)24/h4-11,19H,1-3H3. The zero-order chi connectivity index (χ0) is 17.9. The van der Waals surface area contributed by atoms with Gasteiger partial charge in [0.05, 0.1) is 11.0 Å². The molecule has 0 saturated heterocycles. The lowest BCUT2D eigenvalue weighted by Crippen LogP contribution is -2.29. The third-order valence-electron chi connectivity index (χ3n) is 3.94. The first-order chi connectivity index (χ1) is 11.3. The van der Waals surface area contributed by atoms with Crippen LogP contribution in [-0.2, 0) is 0 Å². The molecule has 0 spiro atoms. The molecule has 6 nitrogen and oxygen atoms in total. The van der Waals surface area contributed by atoms with Crippen molar-refractivity contribution in [3.63, 3.8) is 0 Å². The Labute approximate surface area is 145 Å². The first-order valence-electron chi connectivity index (χ1n) is 7.34. The Balaban J connectivity index is 2.30. The fourth-order valence-electron chi connectivity index (χ4n) is 2.40. The molecule has 1 unspecified atom stereocenters. The van der Waals surface area contributed by atoms with Crippen molar-refractivity contribution in [3.8, 4) is 0 Å². The van der Waals surface area contributed by atoms with E-state index in [1.807, 2.05) is 19.1 Å². The van der Waals surface area contributed by atoms with Crippen molar-refractivity contribution in [2.45, 2.75) is 13.0 Å². The van der Waals surface area contributed by atoms with Gasteiger partial charge in [-0.1, -0.05) is 23.7 Å². The average Bonchev–Trinajstić information content (AvgIpc) is 2.59. The minimum atomic E-state index is -0.511. The number of hydrogen-bond acceptors (Lipinski definition) is 4. The number of nitrogens with zero attached hydrogens (tertiary/aromatic N) is 2. The summed E-state index contributed by atoms with van der Waals surface area (Å²) in [6.45, 7) is 1.87. The summed E-state index contributed by atoms with van der Waals surface area (Å²) < 4.78 is 0. The molecule has 126 valence electrons. The zero-order valence-electron chi connectivity index (χ0n) is 13.6. The highest BCUT2D eigenvalue weighted by molar-refractivity contribution is 6.30. The van der Waals surface area contributed by atoms with Crippen LogP contribution in [0.2, 0.25) is 5.02 Å². The van der Waals surface area contributed by atoms with Crippen molar-refractivity contribution in [2.75, 3.05) is 19.4 Å². The fourth-order valence-corrected chi connectivity index (χ4v) is 2.60. The van der Waals surface area contributed by atoms with Gasteiger partial charge in [0.15, 0.2) is 0 Å². The first-order valence-corrected chi connectivity index (χ1v) is 7.71. The van der Waals surface area contributed by atoms with Crippen LogP contribution in [0.15, 0.2) is 42.5 Å². The number of carbonyl (C=O) groups excluding carboxylic acids is 1. The smallest absolute Gasteiger partial charge is 0.293 e. The van der Waals surface area contributed by atoms with Gasteiger partial charge in [-0.3, -0.25) is 14.9 Å². The average molecular weight is 348 g/mol. The number of nitro groups is 1. The molecule has 2 aromatic carbocycles. The van der Waals surface area contributed by atoms with Crippen LogP contribution in [0.4, 0.5) is 11.4 Å². The highest BCUT2D eigenvalue weighted by Crippen LogP contribution is 2.28. The highest BCUT2D eigenvalue weighted by Gasteiger charge is 2.22. The zero-order valence-corrected chi connectivity index (χ0v) is 14.4. The predicted octanol–water partition coefficient (Wildman–Crippen LogP) is 4.12. The highest BCUT2D eigenvalue weighted by atomic mass is 35.5. The topological polar surface area (TPSA) is 75.5 Å². The Kier molecular flexibility index (Phi) is 5.41. The summed E-state index contributed by atoms with van der Waals surface area (Å²) in [5, 5.41) is 14.5. The molecule has 0 aliphatic carbocycles. The van der Waals surface area contributed by atoms with Crippen LogP contribution in [0.25, 0.3) is 0 Å². The number of benzene rings is 2. The quantitative estimate of drug-likeness (QED) is 0.652. The molecule has 0 aliphatic rings. The summed E-state index contributed by atoms with van der Waals surface area (Å²) in [5.74, 6) is -0.298. The summed E-state index contributed by atoms with van der Waals surface area (Å²) in [6.07, 6.45) is 0. The van der Waals surface area contributed by atoms with Crippen molar-refractivity contribution in [1.82, 2.24) is 4.90 Å². The number of rotatable bonds is 5. The summed E-state index contributed by atoms with van der Waals surface area (Å²) >= 11 is 5.99. The van der Waals surface area contributed by atoms with E-state index in [-0.39, 0.29) is 23.2 Å². The second kappa shape index (κ2) is 7.31. The van der Waals surface area contributed by atoms with Gasteiger partial charge in [0.2, 0.25) is 0 Å². The predicted molar refractivity (Wildman–Crippen MR) is 94.6 cm³/mol. The molecule has 0 radical (unpaired) electrons. The van der Waals surface area contributed by atoms with Crippen LogP contribution in [-0.4, -0.2) is 29.8 Å². The van der Waals surface area contributed by atoms with E-state index in [2.05, 4.69) is 5.32 Å². The van der Waals surface area contributed by atoms with Gasteiger partial charge in [-0.2, -0.15) is 0 Å². The Bertz CT molecular complexity index is 779. The maximum atomic E-state index is 12.7. The van der Waals surface area contributed by atoms with Crippen LogP contribution in [0, 0.1) is 10.1 Å². The van der Waals surface area contributed by atoms with Gasteiger partial charge in [0.25, 0.3) is 11.6 Å². The van der Waals surface area contributed by atoms with E-state index in [0.717, 1.165) is 5.56 Å². The van der Waals surface area contributed by atoms with Gasteiger partial charge in [0.1, 0.15) is 5.69 Å². The number of anilines is 1. The maximum absolute atomic E-state index is 12.7. The molecular weight excluding hydrogens is 330 g/mol. The van der Waals surface area contributed by atoms with E-state index >= 15 is 0 Å². The molecular formula is C17H18ClN3O3. The van der Waals surface area contributed by atoms with Crippen molar-refractivity contribution >= 4 is 28.9 Å². The second-order valence-corrected chi connectivity index (χ2v) is 5.82. The van der Waals surface area contributed by atoms with Crippen molar-refractivity contribution in [1.29, 1.82) is 0 Å². The van der Waals surface area contributed by atoms with E-state index in [0.29, 0.717) is 10.7 Å². The van der Waals surface area contributed by atoms with E-state index in [1.54, 1.807) is 32.3 Å². The lowest BCUT2D eigenvalue weighted by atomic mass is 10.1. The van der Waals surface area contributed by atoms with Gasteiger partial charge in [-0.05, 0) is 36.8 Å². The van der Waals surface area contributed by atoms with E-state index < -0.39 is 4.92 Å². The summed E-state index contributed by atoms with van der Waals surface area (Å²) in [4.78, 5) is 24.8. The number of amides is 1. The molecule has 1 amide bonds. The summed E-state index contributed by atoms with van der Waals surface area (Å²) in [7, 11) is 3.25. The molecule has 0 aliphatic heterocycles. The summed E-state index contributed by atoms with van der Waals surface area (Å²) in [5.41, 5.74) is 1.38. The van der Waals surface area contributed by atoms with Crippen molar-refractivity contribution < 1.29 is 9.72 Å². The van der Waals surface area contributed by atoms with Crippen molar-refractivity contribution in [2.24, 2.45) is 0 Å². The normalized spacial score (nSPS) is 11.7. The molecule has 1 atom stereocenters. The monoisotopic (exact) mass is 347 g/mol. The van der Waals surface area contributed by atoms with E-state index in [4.69, 9.17) is 11.6 Å². The molecule has 0 heterocycles. The Morgan fingerprint density at radius 3 is 2.58 bits per heavy atom. The molecule has 2 rings (SSSR count). The SMILES string of the molecule is CNc1ccc(C(=O)N(C)C(C)c2cccc(Cl)c2)cc1[N+](=O)[O-]. The number of hydrogen-bond donors (Lipinski definition) is 1. The van der Waals surface area contributed by atoms with Crippen LogP contribution in [0.1, 0.15) is 28.9 Å². The second-order valence-electron chi connectivity index (χ2n) is 5.39. The van der Waals surface area contributed by atoms with E-state index in [9.17, 15) is 14.9 Å². The molecule has 1 N–H and O–H groups in total. The lowest BCUT2D eigenvalue weighted by molar-refractivity contribution is -0.384. The molecule has 2 aromatic rings. The third kappa shape index (κ3) is 3.65. The van der Waals surface area contributed by atoms with Gasteiger partial charge >= 0.3 is 0 Å². The van der Waals surface area contributed by atoms with Crippen LogP contribution in [0.3, 0.4) is 0 Å². The van der Waals surface area contributed by atoms with Crippen LogP contribution in [0.5, 0.6) is 0 Å². The Morgan fingerprint density at radius 1 is 1.29 bits per heavy atom. The Hall–Kier alpha value is -2.60. The number of halogens is 1. The summed E-state index contributed by atoms with van der Waals surface area (Å²) in [6, 6.07) is 11.4. The largest absolute Gasteiger partial charge is 0.383 e. The number of nitrogens with one attached hydrogen (secondary N) is 1. The molecule has 0 bridgehead atoms. The fraction of sp³-hybridized carbons (Fsp3) is 0.235. The van der Waals surface area contributed by atoms with Gasteiger partial charge in [0, 0.05) is 30.7 Å². The van der Waals surface area contributed by atoms with Gasteiger partial charge < -0.3 is 10.2 Å². The van der Waals surface area contributed by atoms with Crippen LogP contribution < -0.4 is 5.32 Å². The molecule has 0 aromatic heterocycles. The number of carbonyl (C=O) groups is 1. The molecule has 0 fully saturated rings. The molecule has 7 heteroatoms. The minimum Gasteiger partial charge on any atom is -0.383 e. The third-order valence-corrected chi connectivity index (χ3v) is 4.18. The Morgan fingerprint density at radius 2 is 2.00 bits per heavy atom. The lowest BCUT2D eigenvalue weighted by Gasteiger charge is -2.25. The van der Waals surface area contributed by atoms with Gasteiger partial charge in [-0.15, -0.1) is 0 Å². The van der Waals surface area contributed by atoms with Crippen molar-refractivity contribution in [3.05, 3.63) is 68.7 Å². The van der Waals surface area contributed by atoms with Gasteiger partial charge in [-0.25, -0.2) is 0 Å². The maximum Gasteiger partial charge on any atom is 0.293 e. The molecule has 0 saturated carbocycles.